The second-order valence-electron chi connectivity index (χ2n) is 7.07. The predicted molar refractivity (Wildman–Crippen MR) is 114 cm³/mol. The van der Waals surface area contributed by atoms with Crippen LogP contribution < -0.4 is 10.1 Å². The van der Waals surface area contributed by atoms with Gasteiger partial charge in [0.2, 0.25) is 5.88 Å². The first-order chi connectivity index (χ1) is 15.7. The highest BCUT2D eigenvalue weighted by atomic mass is 16.5. The van der Waals surface area contributed by atoms with Crippen molar-refractivity contribution in [3.63, 3.8) is 0 Å². The number of fused-ring (bicyclic) bond motifs is 1. The number of hydrogen-bond acceptors (Lipinski definition) is 8. The predicted octanol–water partition coefficient (Wildman–Crippen LogP) is 2.25. The zero-order valence-electron chi connectivity index (χ0n) is 17.2. The van der Waals surface area contributed by atoms with E-state index in [0.717, 1.165) is 18.7 Å². The molecule has 1 aliphatic rings. The average Bonchev–Trinajstić information content (AvgIpc) is 3.54. The number of aromatic nitrogens is 8. The number of rotatable bonds is 6. The van der Waals surface area contributed by atoms with Crippen molar-refractivity contribution in [1.29, 1.82) is 0 Å². The molecule has 0 fully saturated rings. The molecule has 0 aliphatic carbocycles. The summed E-state index contributed by atoms with van der Waals surface area (Å²) in [7, 11) is 1.45. The van der Waals surface area contributed by atoms with Crippen LogP contribution in [0.15, 0.2) is 55.6 Å². The first-order valence-corrected chi connectivity index (χ1v) is 9.93. The van der Waals surface area contributed by atoms with Gasteiger partial charge in [0.1, 0.15) is 22.9 Å². The molecule has 0 spiro atoms. The summed E-state index contributed by atoms with van der Waals surface area (Å²) in [5.41, 5.74) is 0.845. The molecular formula is C21H19N9O2. The zero-order valence-corrected chi connectivity index (χ0v) is 17.2. The molecule has 0 unspecified atom stereocenters. The van der Waals surface area contributed by atoms with Gasteiger partial charge in [0, 0.05) is 25.0 Å². The zero-order chi connectivity index (χ0) is 22.1. The van der Waals surface area contributed by atoms with Gasteiger partial charge in [-0.25, -0.2) is 14.6 Å². The summed E-state index contributed by atoms with van der Waals surface area (Å²) < 4.78 is 8.74. The first kappa shape index (κ1) is 19.5. The minimum Gasteiger partial charge on any atom is -0.479 e. The average molecular weight is 429 g/mol. The fourth-order valence-corrected chi connectivity index (χ4v) is 3.65. The Morgan fingerprint density at radius 3 is 3.00 bits per heavy atom. The lowest BCUT2D eigenvalue weighted by Crippen LogP contribution is -2.14. The number of allylic oxidation sites excluding steroid dienone is 1. The normalized spacial score (nSPS) is 14.7. The Morgan fingerprint density at radius 1 is 1.31 bits per heavy atom. The summed E-state index contributed by atoms with van der Waals surface area (Å²) >= 11 is 0. The third-order valence-electron chi connectivity index (χ3n) is 5.16. The van der Waals surface area contributed by atoms with E-state index < -0.39 is 5.91 Å². The van der Waals surface area contributed by atoms with E-state index in [-0.39, 0.29) is 17.5 Å². The van der Waals surface area contributed by atoms with Crippen LogP contribution in [0.5, 0.6) is 5.88 Å². The lowest BCUT2D eigenvalue weighted by Gasteiger charge is -2.11. The van der Waals surface area contributed by atoms with Gasteiger partial charge >= 0.3 is 0 Å². The Bertz CT molecular complexity index is 1300. The van der Waals surface area contributed by atoms with Crippen LogP contribution in [0.1, 0.15) is 28.6 Å². The molecular weight excluding hydrogens is 410 g/mol. The van der Waals surface area contributed by atoms with Crippen molar-refractivity contribution in [2.75, 3.05) is 12.4 Å². The van der Waals surface area contributed by atoms with E-state index in [4.69, 9.17) is 4.74 Å². The van der Waals surface area contributed by atoms with Gasteiger partial charge < -0.3 is 14.6 Å². The quantitative estimate of drug-likeness (QED) is 0.463. The largest absolute Gasteiger partial charge is 0.479 e. The van der Waals surface area contributed by atoms with Crippen molar-refractivity contribution in [3.8, 4) is 23.2 Å². The van der Waals surface area contributed by atoms with Crippen molar-refractivity contribution < 1.29 is 9.53 Å². The Balaban J connectivity index is 1.42. The third kappa shape index (κ3) is 3.39. The number of carbonyl (C=O) groups excluding carboxylic acids is 1. The topological polar surface area (TPSA) is 126 Å². The molecule has 0 saturated carbocycles. The molecule has 0 radical (unpaired) electrons. The van der Waals surface area contributed by atoms with Gasteiger partial charge in [-0.15, -0.1) is 21.9 Å². The minimum absolute atomic E-state index is 0.131. The summed E-state index contributed by atoms with van der Waals surface area (Å²) in [5.74, 6) is 2.12. The summed E-state index contributed by atoms with van der Waals surface area (Å²) in [6.45, 7) is 3.90. The number of ether oxygens (including phenoxy) is 1. The molecule has 0 bridgehead atoms. The van der Waals surface area contributed by atoms with Crippen molar-refractivity contribution >= 4 is 11.7 Å². The molecule has 0 aromatic carbocycles. The second kappa shape index (κ2) is 8.02. The van der Waals surface area contributed by atoms with Crippen LogP contribution in [0.4, 0.5) is 5.82 Å². The van der Waals surface area contributed by atoms with Crippen molar-refractivity contribution in [2.45, 2.75) is 18.9 Å². The van der Waals surface area contributed by atoms with E-state index in [2.05, 4.69) is 42.1 Å². The fraction of sp³-hybridized carbons (Fsp3) is 0.190. The lowest BCUT2D eigenvalue weighted by molar-refractivity contribution is 0.102. The molecule has 160 valence electrons. The third-order valence-corrected chi connectivity index (χ3v) is 5.16. The number of nitrogens with zero attached hydrogens (tertiary/aromatic N) is 8. The van der Waals surface area contributed by atoms with Crippen LogP contribution in [-0.2, 0) is 6.42 Å². The van der Waals surface area contributed by atoms with E-state index >= 15 is 0 Å². The van der Waals surface area contributed by atoms with Gasteiger partial charge in [-0.05, 0) is 18.6 Å². The summed E-state index contributed by atoms with van der Waals surface area (Å²) in [6, 6.07) is 5.47. The molecule has 11 nitrogen and oxygen atoms in total. The highest BCUT2D eigenvalue weighted by molar-refractivity contribution is 6.05. The van der Waals surface area contributed by atoms with Gasteiger partial charge in [0.25, 0.3) is 5.91 Å². The molecule has 5 heterocycles. The Hall–Kier alpha value is -4.41. The molecule has 1 amide bonds. The molecule has 0 saturated heterocycles. The van der Waals surface area contributed by atoms with Crippen LogP contribution in [-0.4, -0.2) is 52.5 Å². The molecule has 11 heteroatoms. The Kier molecular flexibility index (Phi) is 4.90. The molecule has 1 N–H and O–H groups in total. The SMILES string of the molecule is C=C[C@H]1CCc2nnc(-c3cccc(NC(=O)c4cn(-c5cnccn5)nc4OC)n3)n21. The number of anilines is 1. The number of aryl methyl sites for hydroxylation is 1. The molecule has 5 rings (SSSR count). The first-order valence-electron chi connectivity index (χ1n) is 9.93. The Morgan fingerprint density at radius 2 is 2.22 bits per heavy atom. The monoisotopic (exact) mass is 429 g/mol. The number of amides is 1. The fourth-order valence-electron chi connectivity index (χ4n) is 3.65. The lowest BCUT2D eigenvalue weighted by atomic mass is 10.2. The van der Waals surface area contributed by atoms with E-state index in [1.807, 2.05) is 16.7 Å². The maximum absolute atomic E-state index is 13.0. The standard InChI is InChI=1S/C21H19N9O2/c1-3-13-7-8-17-26-27-19(30(13)17)15-5-4-6-16(24-15)25-20(31)14-12-29(28-21(14)32-2)18-11-22-9-10-23-18/h3-6,9-13H,1,7-8H2,2H3,(H,24,25,31)/t13-/m0/s1. The van der Waals surface area contributed by atoms with Crippen LogP contribution >= 0.6 is 0 Å². The van der Waals surface area contributed by atoms with Crippen LogP contribution in [0.25, 0.3) is 17.3 Å². The maximum atomic E-state index is 13.0. The second-order valence-corrected chi connectivity index (χ2v) is 7.07. The number of pyridine rings is 1. The highest BCUT2D eigenvalue weighted by Crippen LogP contribution is 2.31. The summed E-state index contributed by atoms with van der Waals surface area (Å²) in [5, 5.41) is 15.6. The van der Waals surface area contributed by atoms with Gasteiger partial charge in [-0.1, -0.05) is 12.1 Å². The number of hydrogen-bond donors (Lipinski definition) is 1. The van der Waals surface area contributed by atoms with E-state index in [9.17, 15) is 4.79 Å². The summed E-state index contributed by atoms with van der Waals surface area (Å²) in [6.07, 6.45) is 9.82. The maximum Gasteiger partial charge on any atom is 0.263 e. The molecule has 1 aliphatic heterocycles. The van der Waals surface area contributed by atoms with Crippen molar-refractivity contribution in [2.24, 2.45) is 0 Å². The molecule has 1 atom stereocenters. The van der Waals surface area contributed by atoms with Gasteiger partial charge in [-0.3, -0.25) is 9.78 Å². The van der Waals surface area contributed by atoms with Crippen LogP contribution in [0.2, 0.25) is 0 Å². The molecule has 4 aromatic heterocycles. The smallest absolute Gasteiger partial charge is 0.263 e. The highest BCUT2D eigenvalue weighted by Gasteiger charge is 2.26. The minimum atomic E-state index is -0.419. The van der Waals surface area contributed by atoms with E-state index in [1.165, 1.54) is 30.4 Å². The number of nitrogens with one attached hydrogen (secondary N) is 1. The van der Waals surface area contributed by atoms with Crippen LogP contribution in [0, 0.1) is 0 Å². The van der Waals surface area contributed by atoms with Gasteiger partial charge in [0.05, 0.1) is 19.3 Å². The van der Waals surface area contributed by atoms with Gasteiger partial charge in [-0.2, -0.15) is 0 Å². The molecule has 4 aromatic rings. The van der Waals surface area contributed by atoms with Crippen LogP contribution in [0.3, 0.4) is 0 Å². The van der Waals surface area contributed by atoms with E-state index in [1.54, 1.807) is 18.3 Å². The van der Waals surface area contributed by atoms with E-state index in [0.29, 0.717) is 23.2 Å². The van der Waals surface area contributed by atoms with Gasteiger partial charge in [0.15, 0.2) is 11.6 Å². The molecule has 32 heavy (non-hydrogen) atoms. The number of methoxy groups -OCH3 is 1. The van der Waals surface area contributed by atoms with Crippen molar-refractivity contribution in [3.05, 3.63) is 67.0 Å². The Labute approximate surface area is 182 Å². The number of carbonyl (C=O) groups is 1. The van der Waals surface area contributed by atoms with Crippen molar-refractivity contribution in [1.82, 2.24) is 39.5 Å². The summed E-state index contributed by atoms with van der Waals surface area (Å²) in [4.78, 5) is 25.7.